The van der Waals surface area contributed by atoms with E-state index in [0.717, 1.165) is 23.3 Å². The van der Waals surface area contributed by atoms with Gasteiger partial charge >= 0.3 is 0 Å². The minimum absolute atomic E-state index is 0.608. The fourth-order valence-electron chi connectivity index (χ4n) is 1.77. The van der Waals surface area contributed by atoms with E-state index < -0.39 is 0 Å². The number of hydrogen-bond donors (Lipinski definition) is 1. The van der Waals surface area contributed by atoms with E-state index in [9.17, 15) is 0 Å². The number of nitrogens with zero attached hydrogens (tertiary/aromatic N) is 3. The third-order valence-corrected chi connectivity index (χ3v) is 3.89. The molecule has 0 aliphatic heterocycles. The van der Waals surface area contributed by atoms with Crippen LogP contribution in [-0.2, 0) is 12.3 Å². The second-order valence-electron chi connectivity index (χ2n) is 4.19. The number of thioether (sulfide) groups is 1. The van der Waals surface area contributed by atoms with E-state index in [2.05, 4.69) is 46.0 Å². The normalized spacial score (nSPS) is 10.8. The van der Waals surface area contributed by atoms with E-state index in [4.69, 9.17) is 5.73 Å². The highest BCUT2D eigenvalue weighted by Gasteiger charge is 2.09. The minimum Gasteiger partial charge on any atom is -0.329 e. The van der Waals surface area contributed by atoms with Gasteiger partial charge in [-0.2, -0.15) is 0 Å². The van der Waals surface area contributed by atoms with Crippen LogP contribution in [0.1, 0.15) is 17.0 Å². The number of aromatic nitrogens is 3. The van der Waals surface area contributed by atoms with E-state index in [1.165, 1.54) is 11.1 Å². The Morgan fingerprint density at radius 3 is 2.72 bits per heavy atom. The number of hydrogen-bond acceptors (Lipinski definition) is 4. The monoisotopic (exact) mass is 262 g/mol. The number of aryl methyl sites for hydroxylation is 2. The van der Waals surface area contributed by atoms with E-state index in [1.54, 1.807) is 11.8 Å². The molecule has 1 aromatic carbocycles. The quantitative estimate of drug-likeness (QED) is 0.839. The Bertz CT molecular complexity index is 521. The predicted octanol–water partition coefficient (Wildman–Crippen LogP) is 2.15. The van der Waals surface area contributed by atoms with Gasteiger partial charge in [0.1, 0.15) is 5.82 Å². The van der Waals surface area contributed by atoms with Gasteiger partial charge in [0.2, 0.25) is 0 Å². The molecule has 4 nitrogen and oxygen atoms in total. The van der Waals surface area contributed by atoms with Gasteiger partial charge in [0.25, 0.3) is 0 Å². The molecule has 0 bridgehead atoms. The van der Waals surface area contributed by atoms with Crippen LogP contribution in [0.2, 0.25) is 0 Å². The average molecular weight is 262 g/mol. The van der Waals surface area contributed by atoms with Gasteiger partial charge in [0, 0.05) is 18.8 Å². The molecule has 96 valence electrons. The highest BCUT2D eigenvalue weighted by Crippen LogP contribution is 2.23. The van der Waals surface area contributed by atoms with Crippen LogP contribution >= 0.6 is 11.8 Å². The molecule has 0 fully saturated rings. The van der Waals surface area contributed by atoms with E-state index >= 15 is 0 Å². The molecular weight excluding hydrogens is 244 g/mol. The van der Waals surface area contributed by atoms with Crippen LogP contribution < -0.4 is 5.73 Å². The zero-order valence-corrected chi connectivity index (χ0v) is 11.6. The van der Waals surface area contributed by atoms with Gasteiger partial charge in [-0.15, -0.1) is 10.2 Å². The van der Waals surface area contributed by atoms with Crippen molar-refractivity contribution in [2.24, 2.45) is 5.73 Å². The SMILES string of the molecule is Cc1ccccc1CSc1nnc(C)n1CCN. The summed E-state index contributed by atoms with van der Waals surface area (Å²) in [6.45, 7) is 5.47. The van der Waals surface area contributed by atoms with Crippen LogP contribution in [-0.4, -0.2) is 21.3 Å². The Hall–Kier alpha value is -1.33. The Labute approximate surface area is 112 Å². The lowest BCUT2D eigenvalue weighted by Gasteiger charge is -2.07. The van der Waals surface area contributed by atoms with Gasteiger partial charge in [-0.3, -0.25) is 0 Å². The first kappa shape index (κ1) is 13.1. The summed E-state index contributed by atoms with van der Waals surface area (Å²) in [5.41, 5.74) is 8.25. The molecule has 1 heterocycles. The first-order valence-electron chi connectivity index (χ1n) is 5.99. The molecule has 0 aliphatic carbocycles. The molecule has 1 aromatic heterocycles. The zero-order valence-electron chi connectivity index (χ0n) is 10.8. The van der Waals surface area contributed by atoms with Crippen LogP contribution in [0.5, 0.6) is 0 Å². The van der Waals surface area contributed by atoms with Gasteiger partial charge in [-0.1, -0.05) is 36.0 Å². The van der Waals surface area contributed by atoms with Gasteiger partial charge < -0.3 is 10.3 Å². The van der Waals surface area contributed by atoms with Gasteiger partial charge in [-0.05, 0) is 25.0 Å². The van der Waals surface area contributed by atoms with E-state index in [1.807, 2.05) is 6.92 Å². The van der Waals surface area contributed by atoms with Crippen molar-refractivity contribution >= 4 is 11.8 Å². The summed E-state index contributed by atoms with van der Waals surface area (Å²) in [6, 6.07) is 8.41. The molecule has 0 saturated carbocycles. The van der Waals surface area contributed by atoms with Crippen LogP contribution in [0.15, 0.2) is 29.4 Å². The smallest absolute Gasteiger partial charge is 0.191 e. The summed E-state index contributed by atoms with van der Waals surface area (Å²) >= 11 is 1.71. The third-order valence-electron chi connectivity index (χ3n) is 2.87. The number of benzene rings is 1. The van der Waals surface area contributed by atoms with E-state index in [0.29, 0.717) is 6.54 Å². The fourth-order valence-corrected chi connectivity index (χ4v) is 2.86. The number of rotatable bonds is 5. The van der Waals surface area contributed by atoms with Crippen LogP contribution in [0.3, 0.4) is 0 Å². The van der Waals surface area contributed by atoms with E-state index in [-0.39, 0.29) is 0 Å². The predicted molar refractivity (Wildman–Crippen MR) is 74.6 cm³/mol. The molecule has 2 aromatic rings. The maximum atomic E-state index is 5.60. The summed E-state index contributed by atoms with van der Waals surface area (Å²) < 4.78 is 2.07. The molecule has 0 aliphatic rings. The Morgan fingerprint density at radius 2 is 2.00 bits per heavy atom. The topological polar surface area (TPSA) is 56.7 Å². The summed E-state index contributed by atoms with van der Waals surface area (Å²) in [5, 5.41) is 9.25. The number of nitrogens with two attached hydrogens (primary N) is 1. The minimum atomic E-state index is 0.608. The lowest BCUT2D eigenvalue weighted by molar-refractivity contribution is 0.627. The van der Waals surface area contributed by atoms with Crippen LogP contribution in [0, 0.1) is 13.8 Å². The molecule has 0 saturated heterocycles. The second-order valence-corrected chi connectivity index (χ2v) is 5.13. The Kier molecular flexibility index (Phi) is 4.38. The molecule has 5 heteroatoms. The van der Waals surface area contributed by atoms with Gasteiger partial charge in [0.15, 0.2) is 5.16 Å². The van der Waals surface area contributed by atoms with Crippen molar-refractivity contribution in [3.8, 4) is 0 Å². The lowest BCUT2D eigenvalue weighted by Crippen LogP contribution is -2.12. The summed E-state index contributed by atoms with van der Waals surface area (Å²) in [5.74, 6) is 1.84. The van der Waals surface area contributed by atoms with Crippen molar-refractivity contribution in [2.75, 3.05) is 6.54 Å². The van der Waals surface area contributed by atoms with Crippen molar-refractivity contribution in [2.45, 2.75) is 31.3 Å². The Balaban J connectivity index is 2.09. The maximum Gasteiger partial charge on any atom is 0.191 e. The Morgan fingerprint density at radius 1 is 1.22 bits per heavy atom. The lowest BCUT2D eigenvalue weighted by atomic mass is 10.1. The first-order valence-corrected chi connectivity index (χ1v) is 6.98. The van der Waals surface area contributed by atoms with Crippen molar-refractivity contribution in [3.63, 3.8) is 0 Å². The fraction of sp³-hybridized carbons (Fsp3) is 0.385. The molecule has 18 heavy (non-hydrogen) atoms. The molecule has 0 atom stereocenters. The van der Waals surface area contributed by atoms with Crippen molar-refractivity contribution < 1.29 is 0 Å². The first-order chi connectivity index (χ1) is 8.72. The molecule has 0 spiro atoms. The standard InChI is InChI=1S/C13H18N4S/c1-10-5-3-4-6-12(10)9-18-13-16-15-11(2)17(13)8-7-14/h3-6H,7-9,14H2,1-2H3. The van der Waals surface area contributed by atoms with Gasteiger partial charge in [0.05, 0.1) is 0 Å². The summed E-state index contributed by atoms with van der Waals surface area (Å²) in [4.78, 5) is 0. The highest BCUT2D eigenvalue weighted by molar-refractivity contribution is 7.98. The molecule has 0 unspecified atom stereocenters. The van der Waals surface area contributed by atoms with Crippen LogP contribution in [0.25, 0.3) is 0 Å². The van der Waals surface area contributed by atoms with Crippen molar-refractivity contribution in [1.82, 2.24) is 14.8 Å². The third kappa shape index (κ3) is 2.91. The molecule has 0 amide bonds. The second kappa shape index (κ2) is 6.02. The van der Waals surface area contributed by atoms with Crippen molar-refractivity contribution in [1.29, 1.82) is 0 Å². The van der Waals surface area contributed by atoms with Crippen LogP contribution in [0.4, 0.5) is 0 Å². The summed E-state index contributed by atoms with van der Waals surface area (Å²) in [7, 11) is 0. The van der Waals surface area contributed by atoms with Crippen molar-refractivity contribution in [3.05, 3.63) is 41.2 Å². The molecular formula is C13H18N4S. The maximum absolute atomic E-state index is 5.60. The highest BCUT2D eigenvalue weighted by atomic mass is 32.2. The molecule has 2 rings (SSSR count). The zero-order chi connectivity index (χ0) is 13.0. The summed E-state index contributed by atoms with van der Waals surface area (Å²) in [6.07, 6.45) is 0. The largest absolute Gasteiger partial charge is 0.329 e. The molecule has 0 radical (unpaired) electrons. The average Bonchev–Trinajstić information content (AvgIpc) is 2.71. The molecule has 2 N–H and O–H groups in total. The van der Waals surface area contributed by atoms with Gasteiger partial charge in [-0.25, -0.2) is 0 Å².